The van der Waals surface area contributed by atoms with Gasteiger partial charge in [0.15, 0.2) is 18.1 Å². The summed E-state index contributed by atoms with van der Waals surface area (Å²) in [4.78, 5) is 91.0. The van der Waals surface area contributed by atoms with Crippen molar-refractivity contribution in [2.24, 2.45) is 13.0 Å². The predicted molar refractivity (Wildman–Crippen MR) is 222 cm³/mol. The average molecular weight is 825 g/mol. The second-order valence-electron chi connectivity index (χ2n) is 16.0. The van der Waals surface area contributed by atoms with E-state index in [-0.39, 0.29) is 54.1 Å². The van der Waals surface area contributed by atoms with Crippen LogP contribution in [-0.4, -0.2) is 102 Å². The number of aryl methyl sites for hydroxylation is 3. The Labute approximate surface area is 350 Å². The molecule has 3 aromatic carbocycles. The van der Waals surface area contributed by atoms with Crippen LogP contribution in [0.15, 0.2) is 60.8 Å². The summed E-state index contributed by atoms with van der Waals surface area (Å²) in [7, 11) is 1.85. The molecule has 4 aliphatic rings. The maximum absolute atomic E-state index is 13.8. The number of likely N-dealkylation sites (tertiary alicyclic amines) is 1. The van der Waals surface area contributed by atoms with E-state index >= 15 is 0 Å². The summed E-state index contributed by atoms with van der Waals surface area (Å²) in [5.74, 6) is -1.47. The predicted octanol–water partition coefficient (Wildman–Crippen LogP) is 4.07. The zero-order chi connectivity index (χ0) is 42.5. The fourth-order valence-corrected chi connectivity index (χ4v) is 8.68. The number of hydrogen-bond acceptors (Lipinski definition) is 12. The fourth-order valence-electron chi connectivity index (χ4n) is 8.68. The van der Waals surface area contributed by atoms with Gasteiger partial charge in [0.25, 0.3) is 17.7 Å². The Morgan fingerprint density at radius 1 is 0.852 bits per heavy atom. The van der Waals surface area contributed by atoms with Crippen LogP contribution in [0.3, 0.4) is 0 Å². The number of aromatic nitrogens is 4. The molecule has 312 valence electrons. The summed E-state index contributed by atoms with van der Waals surface area (Å²) in [6.45, 7) is 5.72. The molecule has 1 atom stereocenters. The van der Waals surface area contributed by atoms with E-state index < -0.39 is 29.7 Å². The summed E-state index contributed by atoms with van der Waals surface area (Å²) in [5, 5.41) is 14.5. The molecule has 4 aliphatic heterocycles. The van der Waals surface area contributed by atoms with Crippen LogP contribution in [0.1, 0.15) is 68.7 Å². The van der Waals surface area contributed by atoms with Crippen molar-refractivity contribution >= 4 is 69.6 Å². The first-order valence-corrected chi connectivity index (χ1v) is 20.4. The molecule has 0 saturated carbocycles. The molecule has 0 spiro atoms. The van der Waals surface area contributed by atoms with Crippen molar-refractivity contribution in [3.63, 3.8) is 0 Å². The maximum atomic E-state index is 13.8. The van der Waals surface area contributed by atoms with Crippen molar-refractivity contribution in [1.29, 1.82) is 0 Å². The Kier molecular flexibility index (Phi) is 10.2. The van der Waals surface area contributed by atoms with Crippen molar-refractivity contribution in [3.8, 4) is 5.75 Å². The first kappa shape index (κ1) is 39.3. The van der Waals surface area contributed by atoms with Gasteiger partial charge in [-0.3, -0.25) is 39.0 Å². The van der Waals surface area contributed by atoms with E-state index in [2.05, 4.69) is 58.1 Å². The van der Waals surface area contributed by atoms with Crippen molar-refractivity contribution in [2.45, 2.75) is 58.5 Å². The highest BCUT2D eigenvalue weighted by atomic mass is 16.5. The van der Waals surface area contributed by atoms with Gasteiger partial charge >= 0.3 is 0 Å². The molecule has 9 rings (SSSR count). The molecule has 17 heteroatoms. The second kappa shape index (κ2) is 15.8. The molecule has 1 unspecified atom stereocenters. The number of nitrogens with one attached hydrogen (secondary N) is 3. The van der Waals surface area contributed by atoms with Crippen LogP contribution < -0.4 is 20.7 Å². The molecule has 17 nitrogen and oxygen atoms in total. The van der Waals surface area contributed by atoms with Crippen LogP contribution in [0.2, 0.25) is 0 Å². The fraction of sp³-hybridized carbons (Fsp3) is 0.341. The Morgan fingerprint density at radius 3 is 2.39 bits per heavy atom. The third-order valence-corrected chi connectivity index (χ3v) is 12.1. The van der Waals surface area contributed by atoms with Gasteiger partial charge in [-0.2, -0.15) is 10.1 Å². The minimum atomic E-state index is -1.07. The number of imide groups is 2. The number of ether oxygens (including phenoxy) is 1. The highest BCUT2D eigenvalue weighted by Gasteiger charge is 2.45. The number of carbonyl (C=O) groups excluding carboxylic acids is 6. The third-order valence-electron chi connectivity index (χ3n) is 12.1. The zero-order valence-corrected chi connectivity index (χ0v) is 34.0. The first-order chi connectivity index (χ1) is 29.4. The van der Waals surface area contributed by atoms with E-state index in [1.165, 1.54) is 23.8 Å². The van der Waals surface area contributed by atoms with Crippen LogP contribution >= 0.6 is 0 Å². The molecule has 2 fully saturated rings. The van der Waals surface area contributed by atoms with Gasteiger partial charge in [0.1, 0.15) is 11.8 Å². The summed E-state index contributed by atoms with van der Waals surface area (Å²) >= 11 is 0. The SMILES string of the molecule is Cc1cccc(C)c1Nc1nn(C)c2nc(Nc3ccc4c(c3)CN(C(=O)C3CCN(C(=O)COc5ccc6c(c5)C(=O)N(C5CCC(=O)NC5=O)C6=O)CC3)CC4)ncc12. The molecular weight excluding hydrogens is 781 g/mol. The summed E-state index contributed by atoms with van der Waals surface area (Å²) in [6.07, 6.45) is 3.63. The average Bonchev–Trinajstić information content (AvgIpc) is 3.70. The van der Waals surface area contributed by atoms with Gasteiger partial charge in [-0.1, -0.05) is 24.3 Å². The van der Waals surface area contributed by atoms with Crippen molar-refractivity contribution in [2.75, 3.05) is 36.9 Å². The highest BCUT2D eigenvalue weighted by Crippen LogP contribution is 2.33. The van der Waals surface area contributed by atoms with Crippen molar-refractivity contribution < 1.29 is 33.5 Å². The van der Waals surface area contributed by atoms with Crippen LogP contribution in [0.25, 0.3) is 11.0 Å². The Morgan fingerprint density at radius 2 is 1.62 bits per heavy atom. The van der Waals surface area contributed by atoms with Gasteiger partial charge in [0.2, 0.25) is 23.7 Å². The summed E-state index contributed by atoms with van der Waals surface area (Å²) < 4.78 is 7.49. The summed E-state index contributed by atoms with van der Waals surface area (Å²) in [6, 6.07) is 15.5. The number of hydrogen-bond donors (Lipinski definition) is 3. The number of benzene rings is 3. The number of para-hydroxylation sites is 1. The lowest BCUT2D eigenvalue weighted by Gasteiger charge is -2.36. The number of carbonyl (C=O) groups is 6. The first-order valence-electron chi connectivity index (χ1n) is 20.4. The Bertz CT molecular complexity index is 2650. The highest BCUT2D eigenvalue weighted by molar-refractivity contribution is 6.23. The quantitative estimate of drug-likeness (QED) is 0.180. The van der Waals surface area contributed by atoms with Crippen LogP contribution in [0, 0.1) is 19.8 Å². The molecule has 61 heavy (non-hydrogen) atoms. The van der Waals surface area contributed by atoms with Gasteiger partial charge in [-0.15, -0.1) is 0 Å². The number of anilines is 4. The molecular formula is C44H44N10O7. The molecule has 3 N–H and O–H groups in total. The van der Waals surface area contributed by atoms with Gasteiger partial charge in [0.05, 0.1) is 16.5 Å². The Balaban J connectivity index is 0.774. The van der Waals surface area contributed by atoms with Crippen molar-refractivity contribution in [3.05, 3.63) is 94.2 Å². The van der Waals surface area contributed by atoms with Gasteiger partial charge in [-0.05, 0) is 92.1 Å². The smallest absolute Gasteiger partial charge is 0.262 e. The van der Waals surface area contributed by atoms with Gasteiger partial charge in [-0.25, -0.2) is 9.67 Å². The van der Waals surface area contributed by atoms with E-state index in [4.69, 9.17) is 9.72 Å². The third kappa shape index (κ3) is 7.51. The topological polar surface area (TPSA) is 201 Å². The number of fused-ring (bicyclic) bond motifs is 3. The lowest BCUT2D eigenvalue weighted by molar-refractivity contribution is -0.142. The number of nitrogens with zero attached hydrogens (tertiary/aromatic N) is 7. The zero-order valence-electron chi connectivity index (χ0n) is 34.0. The Hall–Kier alpha value is -7.17. The molecule has 6 heterocycles. The van der Waals surface area contributed by atoms with Crippen LogP contribution in [0.5, 0.6) is 5.75 Å². The minimum Gasteiger partial charge on any atom is -0.484 e. The van der Waals surface area contributed by atoms with E-state index in [1.54, 1.807) is 15.8 Å². The summed E-state index contributed by atoms with van der Waals surface area (Å²) in [5.41, 5.74) is 7.17. The standard InChI is InChI=1S/C44H44N10O7/c1-24-5-4-6-25(2)37(24)48-38-33-21-45-44(49-39(33)51(3)50-38)46-29-8-7-26-13-18-53(22-28(26)19-29)41(58)27-14-16-52(17-15-27)36(56)23-61-30-9-10-31-32(20-30)43(60)54(42(31)59)34-11-12-35(55)47-40(34)57/h4-10,19-21,27,34H,11-18,22-23H2,1-3H3,(H,48,50)(H,45,46,49)(H,47,55,57). The minimum absolute atomic E-state index is 0.0239. The lowest BCUT2D eigenvalue weighted by atomic mass is 9.93. The van der Waals surface area contributed by atoms with E-state index in [0.29, 0.717) is 56.4 Å². The number of rotatable bonds is 9. The van der Waals surface area contributed by atoms with E-state index in [0.717, 1.165) is 44.8 Å². The molecule has 0 bridgehead atoms. The largest absolute Gasteiger partial charge is 0.484 e. The number of piperidine rings is 2. The number of amides is 6. The van der Waals surface area contributed by atoms with E-state index in [1.807, 2.05) is 30.1 Å². The molecule has 6 amide bonds. The van der Waals surface area contributed by atoms with E-state index in [9.17, 15) is 28.8 Å². The van der Waals surface area contributed by atoms with Crippen LogP contribution in [0.4, 0.5) is 23.1 Å². The lowest BCUT2D eigenvalue weighted by Crippen LogP contribution is -2.54. The molecule has 5 aromatic rings. The monoisotopic (exact) mass is 824 g/mol. The van der Waals surface area contributed by atoms with Crippen molar-refractivity contribution in [1.82, 2.24) is 39.8 Å². The molecule has 2 saturated heterocycles. The normalized spacial score (nSPS) is 18.0. The van der Waals surface area contributed by atoms with Crippen LogP contribution in [-0.2, 0) is 39.2 Å². The van der Waals surface area contributed by atoms with Gasteiger partial charge in [0, 0.05) is 63.1 Å². The molecule has 2 aromatic heterocycles. The van der Waals surface area contributed by atoms with Gasteiger partial charge < -0.3 is 25.2 Å². The second-order valence-corrected chi connectivity index (χ2v) is 16.0. The molecule has 0 radical (unpaired) electrons. The maximum Gasteiger partial charge on any atom is 0.262 e. The molecule has 0 aliphatic carbocycles.